The maximum absolute atomic E-state index is 14.1. The van der Waals surface area contributed by atoms with Crippen molar-refractivity contribution in [2.24, 2.45) is 0 Å². The predicted octanol–water partition coefficient (Wildman–Crippen LogP) is 5.35. The molecule has 0 spiro atoms. The fraction of sp³-hybridized carbons (Fsp3) is 0.478. The molecule has 3 nitrogen and oxygen atoms in total. The second-order valence-corrected chi connectivity index (χ2v) is 7.98. The summed E-state index contributed by atoms with van der Waals surface area (Å²) in [6.07, 6.45) is -0.540. The van der Waals surface area contributed by atoms with Crippen molar-refractivity contribution in [3.8, 4) is 5.75 Å². The van der Waals surface area contributed by atoms with E-state index in [2.05, 4.69) is 4.90 Å². The Morgan fingerprint density at radius 3 is 2.35 bits per heavy atom. The molecule has 8 heteroatoms. The Balaban J connectivity index is 0.00000272. The van der Waals surface area contributed by atoms with Gasteiger partial charge in [0.25, 0.3) is 0 Å². The quantitative estimate of drug-likeness (QED) is 0.429. The van der Waals surface area contributed by atoms with Gasteiger partial charge in [-0.25, -0.2) is 4.39 Å². The molecule has 31 heavy (non-hydrogen) atoms. The van der Waals surface area contributed by atoms with Gasteiger partial charge >= 0.3 is 6.18 Å². The molecule has 2 aliphatic rings. The molecular formula is C23H27ClF4N2O. The van der Waals surface area contributed by atoms with E-state index in [9.17, 15) is 17.6 Å². The Morgan fingerprint density at radius 1 is 0.935 bits per heavy atom. The number of nitrogens with zero attached hydrogens (tertiary/aromatic N) is 2. The van der Waals surface area contributed by atoms with Crippen molar-refractivity contribution in [2.45, 2.75) is 31.9 Å². The third-order valence-electron chi connectivity index (χ3n) is 5.93. The molecule has 0 radical (unpaired) electrons. The van der Waals surface area contributed by atoms with E-state index in [-0.39, 0.29) is 18.2 Å². The summed E-state index contributed by atoms with van der Waals surface area (Å²) in [5, 5.41) is 0. The average molecular weight is 459 g/mol. The van der Waals surface area contributed by atoms with Crippen LogP contribution in [0.2, 0.25) is 0 Å². The smallest absolute Gasteiger partial charge is 0.416 e. The molecule has 4 rings (SSSR count). The molecule has 0 aromatic heterocycles. The topological polar surface area (TPSA) is 15.7 Å². The average Bonchev–Trinajstić information content (AvgIpc) is 3.18. The Kier molecular flexibility index (Phi) is 7.70. The molecule has 0 atom stereocenters. The summed E-state index contributed by atoms with van der Waals surface area (Å²) >= 11 is 0. The summed E-state index contributed by atoms with van der Waals surface area (Å²) in [6, 6.07) is 8.94. The van der Waals surface area contributed by atoms with Gasteiger partial charge in [0.05, 0.1) is 12.2 Å². The van der Waals surface area contributed by atoms with Gasteiger partial charge in [-0.15, -0.1) is 12.4 Å². The van der Waals surface area contributed by atoms with Crippen molar-refractivity contribution in [1.29, 1.82) is 0 Å². The lowest BCUT2D eigenvalue weighted by Crippen LogP contribution is -2.46. The fourth-order valence-corrected chi connectivity index (χ4v) is 4.26. The van der Waals surface area contributed by atoms with Gasteiger partial charge in [-0.05, 0) is 67.1 Å². The van der Waals surface area contributed by atoms with Crippen molar-refractivity contribution in [3.05, 3.63) is 58.9 Å². The van der Waals surface area contributed by atoms with Gasteiger partial charge in [0.15, 0.2) is 11.6 Å². The van der Waals surface area contributed by atoms with Crippen molar-refractivity contribution in [1.82, 2.24) is 4.90 Å². The zero-order chi connectivity index (χ0) is 21.1. The number of hydrogen-bond acceptors (Lipinski definition) is 3. The van der Waals surface area contributed by atoms with Gasteiger partial charge in [0.1, 0.15) is 0 Å². The monoisotopic (exact) mass is 458 g/mol. The zero-order valence-corrected chi connectivity index (χ0v) is 18.1. The van der Waals surface area contributed by atoms with Gasteiger partial charge in [0, 0.05) is 38.4 Å². The fourth-order valence-electron chi connectivity index (χ4n) is 4.26. The number of aryl methyl sites for hydroxylation is 2. The first kappa shape index (κ1) is 23.7. The standard InChI is InChI=1S/C23H26F4N2O.ClH/c24-21-14-17-4-1-5-18(17)15-22(21)30-13-3-8-28-9-11-29(12-10-28)20-7-2-6-19(16-20)23(25,26)27;/h2,6-7,14-16H,1,3-5,8-13H2;1H. The molecule has 1 fully saturated rings. The van der Waals surface area contributed by atoms with E-state index in [0.29, 0.717) is 31.1 Å². The number of piperazine rings is 1. The Labute approximate surface area is 186 Å². The van der Waals surface area contributed by atoms with Crippen LogP contribution in [0.4, 0.5) is 23.2 Å². The van der Waals surface area contributed by atoms with E-state index in [4.69, 9.17) is 4.74 Å². The lowest BCUT2D eigenvalue weighted by atomic mass is 10.1. The minimum atomic E-state index is -4.32. The largest absolute Gasteiger partial charge is 0.490 e. The highest BCUT2D eigenvalue weighted by Gasteiger charge is 2.31. The lowest BCUT2D eigenvalue weighted by molar-refractivity contribution is -0.137. The van der Waals surface area contributed by atoms with E-state index in [1.807, 2.05) is 11.0 Å². The molecule has 0 saturated carbocycles. The summed E-state index contributed by atoms with van der Waals surface area (Å²) in [5.74, 6) is 0.0513. The molecule has 1 saturated heterocycles. The number of anilines is 1. The minimum Gasteiger partial charge on any atom is -0.490 e. The predicted molar refractivity (Wildman–Crippen MR) is 116 cm³/mol. The molecule has 1 aliphatic carbocycles. The number of fused-ring (bicyclic) bond motifs is 1. The van der Waals surface area contributed by atoms with Crippen molar-refractivity contribution in [2.75, 3.05) is 44.2 Å². The maximum Gasteiger partial charge on any atom is 0.416 e. The summed E-state index contributed by atoms with van der Waals surface area (Å²) in [7, 11) is 0. The number of halogens is 5. The van der Waals surface area contributed by atoms with Gasteiger partial charge in [-0.2, -0.15) is 13.2 Å². The van der Waals surface area contributed by atoms with Crippen LogP contribution in [0.1, 0.15) is 29.5 Å². The van der Waals surface area contributed by atoms with Crippen LogP contribution in [-0.2, 0) is 19.0 Å². The van der Waals surface area contributed by atoms with Crippen LogP contribution >= 0.6 is 12.4 Å². The van der Waals surface area contributed by atoms with Crippen LogP contribution in [-0.4, -0.2) is 44.2 Å². The number of hydrogen-bond donors (Lipinski definition) is 0. The first-order valence-corrected chi connectivity index (χ1v) is 10.5. The van der Waals surface area contributed by atoms with Crippen LogP contribution in [0.25, 0.3) is 0 Å². The van der Waals surface area contributed by atoms with E-state index in [1.54, 1.807) is 12.1 Å². The molecule has 0 N–H and O–H groups in total. The molecule has 2 aromatic rings. The van der Waals surface area contributed by atoms with Crippen molar-refractivity contribution < 1.29 is 22.3 Å². The van der Waals surface area contributed by atoms with Gasteiger partial charge in [-0.3, -0.25) is 4.90 Å². The zero-order valence-electron chi connectivity index (χ0n) is 17.3. The SMILES string of the molecule is Cl.Fc1cc2c(cc1OCCCN1CCN(c3cccc(C(F)(F)F)c3)CC1)CCC2. The summed E-state index contributed by atoms with van der Waals surface area (Å²) in [4.78, 5) is 4.26. The maximum atomic E-state index is 14.1. The molecular weight excluding hydrogens is 432 g/mol. The molecule has 1 aliphatic heterocycles. The summed E-state index contributed by atoms with van der Waals surface area (Å²) in [6.45, 7) is 4.20. The van der Waals surface area contributed by atoms with E-state index >= 15 is 0 Å². The first-order chi connectivity index (χ1) is 14.4. The second kappa shape index (κ2) is 10.1. The molecule has 170 valence electrons. The third kappa shape index (κ3) is 5.83. The number of rotatable bonds is 6. The molecule has 2 aromatic carbocycles. The molecule has 0 amide bonds. The first-order valence-electron chi connectivity index (χ1n) is 10.5. The van der Waals surface area contributed by atoms with Crippen LogP contribution in [0.15, 0.2) is 36.4 Å². The molecule has 0 unspecified atom stereocenters. The second-order valence-electron chi connectivity index (χ2n) is 7.98. The Hall–Kier alpha value is -1.99. The molecule has 0 bridgehead atoms. The lowest BCUT2D eigenvalue weighted by Gasteiger charge is -2.36. The normalized spacial score (nSPS) is 16.7. The van der Waals surface area contributed by atoms with Crippen LogP contribution in [0.3, 0.4) is 0 Å². The van der Waals surface area contributed by atoms with Crippen LogP contribution in [0, 0.1) is 5.82 Å². The highest BCUT2D eigenvalue weighted by Crippen LogP contribution is 2.32. The van der Waals surface area contributed by atoms with Gasteiger partial charge < -0.3 is 9.64 Å². The Morgan fingerprint density at radius 2 is 1.65 bits per heavy atom. The van der Waals surface area contributed by atoms with Crippen LogP contribution < -0.4 is 9.64 Å². The molecule has 1 heterocycles. The van der Waals surface area contributed by atoms with Crippen molar-refractivity contribution in [3.63, 3.8) is 0 Å². The number of benzene rings is 2. The van der Waals surface area contributed by atoms with E-state index in [1.165, 1.54) is 17.7 Å². The van der Waals surface area contributed by atoms with Crippen LogP contribution in [0.5, 0.6) is 5.75 Å². The summed E-state index contributed by atoms with van der Waals surface area (Å²) in [5.41, 5.74) is 2.29. The Bertz CT molecular complexity index is 882. The highest BCUT2D eigenvalue weighted by atomic mass is 35.5. The highest BCUT2D eigenvalue weighted by molar-refractivity contribution is 5.85. The number of alkyl halides is 3. The number of ether oxygens (including phenoxy) is 1. The van der Waals surface area contributed by atoms with Gasteiger partial charge in [-0.1, -0.05) is 6.07 Å². The third-order valence-corrected chi connectivity index (χ3v) is 5.93. The van der Waals surface area contributed by atoms with Crippen molar-refractivity contribution >= 4 is 18.1 Å². The van der Waals surface area contributed by atoms with E-state index in [0.717, 1.165) is 56.9 Å². The summed E-state index contributed by atoms with van der Waals surface area (Å²) < 4.78 is 58.6. The van der Waals surface area contributed by atoms with Gasteiger partial charge in [0.2, 0.25) is 0 Å². The minimum absolute atomic E-state index is 0. The van der Waals surface area contributed by atoms with E-state index < -0.39 is 11.7 Å².